The van der Waals surface area contributed by atoms with Crippen molar-refractivity contribution in [2.24, 2.45) is 5.73 Å². The zero-order valence-electron chi connectivity index (χ0n) is 15.0. The smallest absolute Gasteiger partial charge is 0.248 e. The number of anilines is 1. The molecule has 2 N–H and O–H groups in total. The van der Waals surface area contributed by atoms with E-state index in [0.29, 0.717) is 11.5 Å². The predicted octanol–water partition coefficient (Wildman–Crippen LogP) is 2.20. The molecule has 0 saturated carbocycles. The molecule has 0 unspecified atom stereocenters. The number of primary amides is 1. The van der Waals surface area contributed by atoms with Crippen molar-refractivity contribution in [3.8, 4) is 0 Å². The summed E-state index contributed by atoms with van der Waals surface area (Å²) in [6.07, 6.45) is 11.2. The van der Waals surface area contributed by atoms with E-state index < -0.39 is 5.91 Å². The molecule has 0 bridgehead atoms. The van der Waals surface area contributed by atoms with Crippen molar-refractivity contribution in [3.63, 3.8) is 0 Å². The Morgan fingerprint density at radius 2 is 1.85 bits per heavy atom. The number of piperidine rings is 1. The van der Waals surface area contributed by atoms with Crippen LogP contribution in [0.15, 0.2) is 55.2 Å². The van der Waals surface area contributed by atoms with Gasteiger partial charge in [0.15, 0.2) is 0 Å². The molecule has 0 atom stereocenters. The molecule has 3 aromatic rings. The Morgan fingerprint density at radius 3 is 2.59 bits per heavy atom. The summed E-state index contributed by atoms with van der Waals surface area (Å²) in [5.74, 6) is 1.93. The van der Waals surface area contributed by atoms with Crippen molar-refractivity contribution in [2.45, 2.75) is 25.3 Å². The van der Waals surface area contributed by atoms with Crippen LogP contribution < -0.4 is 10.6 Å². The molecular weight excluding hydrogens is 340 g/mol. The summed E-state index contributed by atoms with van der Waals surface area (Å²) >= 11 is 0. The predicted molar refractivity (Wildman–Crippen MR) is 103 cm³/mol. The van der Waals surface area contributed by atoms with E-state index in [1.807, 2.05) is 36.9 Å². The maximum absolute atomic E-state index is 11.4. The standard InChI is InChI=1S/C20H22N6O/c21-19(27)17-3-8-23-18(13-17)25-10-4-16(5-11-25)20-24-9-12-26(20)14-15-1-6-22-7-2-15/h1-3,6-9,12-13,16H,4-5,10-11,14H2,(H2,21,27). The normalized spacial score (nSPS) is 15.0. The van der Waals surface area contributed by atoms with E-state index in [1.165, 1.54) is 5.56 Å². The molecule has 1 aliphatic heterocycles. The van der Waals surface area contributed by atoms with E-state index in [9.17, 15) is 4.79 Å². The van der Waals surface area contributed by atoms with Crippen molar-refractivity contribution >= 4 is 11.7 Å². The van der Waals surface area contributed by atoms with Crippen LogP contribution in [0.25, 0.3) is 0 Å². The van der Waals surface area contributed by atoms with Crippen LogP contribution in [0.5, 0.6) is 0 Å². The molecule has 3 aromatic heterocycles. The number of aromatic nitrogens is 4. The van der Waals surface area contributed by atoms with E-state index in [1.54, 1.807) is 18.3 Å². The largest absolute Gasteiger partial charge is 0.366 e. The fourth-order valence-electron chi connectivity index (χ4n) is 3.61. The minimum atomic E-state index is -0.424. The van der Waals surface area contributed by atoms with Gasteiger partial charge in [-0.3, -0.25) is 9.78 Å². The summed E-state index contributed by atoms with van der Waals surface area (Å²) in [5, 5.41) is 0. The van der Waals surface area contributed by atoms with Crippen molar-refractivity contribution in [1.29, 1.82) is 0 Å². The third-order valence-corrected chi connectivity index (χ3v) is 5.06. The second kappa shape index (κ2) is 7.57. The highest BCUT2D eigenvalue weighted by atomic mass is 16.1. The van der Waals surface area contributed by atoms with Gasteiger partial charge in [-0.2, -0.15) is 0 Å². The van der Waals surface area contributed by atoms with Crippen molar-refractivity contribution in [2.75, 3.05) is 18.0 Å². The van der Waals surface area contributed by atoms with Gasteiger partial charge in [0.1, 0.15) is 11.6 Å². The fraction of sp³-hybridized carbons (Fsp3) is 0.300. The summed E-state index contributed by atoms with van der Waals surface area (Å²) in [4.78, 5) is 26.7. The number of imidazole rings is 1. The minimum absolute atomic E-state index is 0.414. The SMILES string of the molecule is NC(=O)c1ccnc(N2CCC(c3nccn3Cc3ccncc3)CC2)c1. The van der Waals surface area contributed by atoms with Gasteiger partial charge in [0.05, 0.1) is 0 Å². The molecular formula is C20H22N6O. The lowest BCUT2D eigenvalue weighted by molar-refractivity contribution is 0.1000. The Hall–Kier alpha value is -3.22. The van der Waals surface area contributed by atoms with E-state index in [2.05, 4.69) is 24.4 Å². The average molecular weight is 362 g/mol. The first kappa shape index (κ1) is 17.2. The third kappa shape index (κ3) is 3.81. The van der Waals surface area contributed by atoms with E-state index in [4.69, 9.17) is 5.73 Å². The van der Waals surface area contributed by atoms with Gasteiger partial charge in [-0.05, 0) is 42.7 Å². The van der Waals surface area contributed by atoms with Crippen LogP contribution >= 0.6 is 0 Å². The van der Waals surface area contributed by atoms with Gasteiger partial charge in [-0.15, -0.1) is 0 Å². The average Bonchev–Trinajstić information content (AvgIpc) is 3.17. The lowest BCUT2D eigenvalue weighted by atomic mass is 9.95. The number of pyridine rings is 2. The molecule has 1 aliphatic rings. The van der Waals surface area contributed by atoms with Gasteiger partial charge in [0.2, 0.25) is 5.91 Å². The summed E-state index contributed by atoms with van der Waals surface area (Å²) in [6, 6.07) is 7.48. The van der Waals surface area contributed by atoms with Gasteiger partial charge in [-0.25, -0.2) is 9.97 Å². The number of amides is 1. The fourth-order valence-corrected chi connectivity index (χ4v) is 3.61. The van der Waals surface area contributed by atoms with Gasteiger partial charge >= 0.3 is 0 Å². The number of nitrogens with zero attached hydrogens (tertiary/aromatic N) is 5. The topological polar surface area (TPSA) is 89.9 Å². The molecule has 0 aromatic carbocycles. The molecule has 7 nitrogen and oxygen atoms in total. The lowest BCUT2D eigenvalue weighted by Gasteiger charge is -2.32. The zero-order valence-corrected chi connectivity index (χ0v) is 15.0. The molecule has 1 fully saturated rings. The van der Waals surface area contributed by atoms with Crippen LogP contribution in [0.1, 0.15) is 40.5 Å². The zero-order chi connectivity index (χ0) is 18.6. The van der Waals surface area contributed by atoms with Crippen LogP contribution in [0, 0.1) is 0 Å². The highest BCUT2D eigenvalue weighted by Crippen LogP contribution is 2.29. The molecule has 1 amide bonds. The lowest BCUT2D eigenvalue weighted by Crippen LogP contribution is -2.34. The molecule has 138 valence electrons. The van der Waals surface area contributed by atoms with Crippen molar-refractivity contribution in [1.82, 2.24) is 19.5 Å². The Bertz CT molecular complexity index is 915. The number of nitrogens with two attached hydrogens (primary N) is 1. The van der Waals surface area contributed by atoms with Crippen LogP contribution in [0.4, 0.5) is 5.82 Å². The molecule has 0 aliphatic carbocycles. The molecule has 7 heteroatoms. The molecule has 4 heterocycles. The Morgan fingerprint density at radius 1 is 1.07 bits per heavy atom. The minimum Gasteiger partial charge on any atom is -0.366 e. The van der Waals surface area contributed by atoms with Gasteiger partial charge in [0, 0.05) is 62.1 Å². The van der Waals surface area contributed by atoms with Gasteiger partial charge in [-0.1, -0.05) is 0 Å². The quantitative estimate of drug-likeness (QED) is 0.751. The van der Waals surface area contributed by atoms with Crippen LogP contribution in [-0.2, 0) is 6.54 Å². The van der Waals surface area contributed by atoms with Crippen LogP contribution in [0.2, 0.25) is 0 Å². The summed E-state index contributed by atoms with van der Waals surface area (Å²) in [7, 11) is 0. The van der Waals surface area contributed by atoms with E-state index >= 15 is 0 Å². The number of carbonyl (C=O) groups is 1. The summed E-state index contributed by atoms with van der Waals surface area (Å²) in [5.41, 5.74) is 7.09. The molecule has 1 saturated heterocycles. The van der Waals surface area contributed by atoms with E-state index in [0.717, 1.165) is 44.1 Å². The van der Waals surface area contributed by atoms with Crippen molar-refractivity contribution < 1.29 is 4.79 Å². The molecule has 27 heavy (non-hydrogen) atoms. The van der Waals surface area contributed by atoms with Gasteiger partial charge < -0.3 is 15.2 Å². The molecule has 0 radical (unpaired) electrons. The highest BCUT2D eigenvalue weighted by Gasteiger charge is 2.25. The maximum atomic E-state index is 11.4. The second-order valence-electron chi connectivity index (χ2n) is 6.80. The monoisotopic (exact) mass is 362 g/mol. The summed E-state index contributed by atoms with van der Waals surface area (Å²) in [6.45, 7) is 2.56. The van der Waals surface area contributed by atoms with Gasteiger partial charge in [0.25, 0.3) is 0 Å². The first-order chi connectivity index (χ1) is 13.2. The first-order valence-corrected chi connectivity index (χ1v) is 9.11. The maximum Gasteiger partial charge on any atom is 0.248 e. The van der Waals surface area contributed by atoms with Crippen LogP contribution in [0.3, 0.4) is 0 Å². The van der Waals surface area contributed by atoms with Crippen LogP contribution in [-0.4, -0.2) is 38.5 Å². The third-order valence-electron chi connectivity index (χ3n) is 5.06. The van der Waals surface area contributed by atoms with E-state index in [-0.39, 0.29) is 0 Å². The highest BCUT2D eigenvalue weighted by molar-refractivity contribution is 5.93. The second-order valence-corrected chi connectivity index (χ2v) is 6.80. The Balaban J connectivity index is 1.44. The number of hydrogen-bond donors (Lipinski definition) is 1. The number of rotatable bonds is 5. The number of carbonyl (C=O) groups excluding carboxylic acids is 1. The Labute approximate surface area is 157 Å². The molecule has 4 rings (SSSR count). The first-order valence-electron chi connectivity index (χ1n) is 9.11. The number of hydrogen-bond acceptors (Lipinski definition) is 5. The summed E-state index contributed by atoms with van der Waals surface area (Å²) < 4.78 is 2.22. The Kier molecular flexibility index (Phi) is 4.82. The molecule has 0 spiro atoms. The van der Waals surface area contributed by atoms with Crippen molar-refractivity contribution in [3.05, 3.63) is 72.2 Å².